The van der Waals surface area contributed by atoms with Crippen molar-refractivity contribution in [1.29, 1.82) is 0 Å². The number of hydrogen-bond acceptors (Lipinski definition) is 3. The van der Waals surface area contributed by atoms with Crippen LogP contribution >= 0.6 is 23.0 Å². The second kappa shape index (κ2) is 5.37. The smallest absolute Gasteiger partial charge is 0.299 e. The number of rotatable bonds is 3. The maximum absolute atomic E-state index is 14.2. The fourth-order valence-electron chi connectivity index (χ4n) is 1.88. The van der Waals surface area contributed by atoms with Crippen LogP contribution in [0.3, 0.4) is 0 Å². The van der Waals surface area contributed by atoms with Crippen LogP contribution in [0.25, 0.3) is 0 Å². The van der Waals surface area contributed by atoms with Crippen molar-refractivity contribution >= 4 is 33.0 Å². The molecule has 0 aromatic heterocycles. The monoisotopic (exact) mass is 405 g/mol. The molecular weight excluding hydrogens is 393 g/mol. The highest BCUT2D eigenvalue weighted by atomic mass is 127. The minimum Gasteiger partial charge on any atom is -0.299 e. The molecule has 18 heavy (non-hydrogen) atoms. The highest BCUT2D eigenvalue weighted by Crippen LogP contribution is 2.41. The first kappa shape index (κ1) is 16.4. The number of sulfonamides is 1. The predicted molar refractivity (Wildman–Crippen MR) is 64.4 cm³/mol. The zero-order valence-corrected chi connectivity index (χ0v) is 12.3. The number of nitrogens with zero attached hydrogens (tertiary/aromatic N) is 1. The molecule has 1 aliphatic rings. The fraction of sp³-hybridized carbons (Fsp3) is 1.00. The summed E-state index contributed by atoms with van der Waals surface area (Å²) >= 11 is 1.02. The largest absolute Gasteiger partial charge is 0.418 e. The van der Waals surface area contributed by atoms with Crippen LogP contribution in [-0.2, 0) is 13.1 Å². The quantitative estimate of drug-likeness (QED) is 0.534. The summed E-state index contributed by atoms with van der Waals surface area (Å²) in [6.07, 6.45) is -7.48. The lowest BCUT2D eigenvalue weighted by atomic mass is 9.88. The average molecular weight is 405 g/mol. The summed E-state index contributed by atoms with van der Waals surface area (Å²) in [5.74, 6) is 0. The Bertz CT molecular complexity index is 392. The van der Waals surface area contributed by atoms with Crippen molar-refractivity contribution in [2.45, 2.75) is 30.8 Å². The third kappa shape index (κ3) is 3.67. The van der Waals surface area contributed by atoms with Gasteiger partial charge in [0.2, 0.25) is 10.0 Å². The first-order chi connectivity index (χ1) is 8.00. The molecule has 108 valence electrons. The summed E-state index contributed by atoms with van der Waals surface area (Å²) in [7, 11) is -3.50. The van der Waals surface area contributed by atoms with Crippen LogP contribution in [0.1, 0.15) is 12.8 Å². The second-order valence-corrected chi connectivity index (χ2v) is 6.70. The molecule has 0 saturated carbocycles. The van der Waals surface area contributed by atoms with Crippen molar-refractivity contribution < 1.29 is 29.0 Å². The van der Waals surface area contributed by atoms with Crippen molar-refractivity contribution in [1.82, 2.24) is 4.31 Å². The number of alkyl halides is 4. The summed E-state index contributed by atoms with van der Waals surface area (Å²) in [6.45, 7) is -0.552. The van der Waals surface area contributed by atoms with E-state index in [1.165, 1.54) is 0 Å². The number of hydrogen-bond donors (Lipinski definition) is 0. The van der Waals surface area contributed by atoms with Crippen LogP contribution < -0.4 is 0 Å². The Kier molecular flexibility index (Phi) is 4.88. The molecular formula is C8H12F4INO3S. The van der Waals surface area contributed by atoms with E-state index in [4.69, 9.17) is 0 Å². The normalized spacial score (nSPS) is 23.9. The van der Waals surface area contributed by atoms with E-state index in [9.17, 15) is 26.0 Å². The number of piperidine rings is 1. The Balaban J connectivity index is 2.81. The summed E-state index contributed by atoms with van der Waals surface area (Å²) in [4.78, 5) is 0. The van der Waals surface area contributed by atoms with Gasteiger partial charge in [-0.1, -0.05) is 0 Å². The van der Waals surface area contributed by atoms with Crippen LogP contribution in [0, 0.1) is 0 Å². The van der Waals surface area contributed by atoms with E-state index in [0.29, 0.717) is 0 Å². The topological polar surface area (TPSA) is 46.6 Å². The molecule has 1 rings (SSSR count). The summed E-state index contributed by atoms with van der Waals surface area (Å²) in [6, 6.07) is 0. The highest BCUT2D eigenvalue weighted by Gasteiger charge is 2.57. The van der Waals surface area contributed by atoms with Gasteiger partial charge in [-0.2, -0.15) is 13.2 Å². The third-order valence-corrected chi connectivity index (χ3v) is 4.69. The van der Waals surface area contributed by atoms with Crippen LogP contribution in [0.2, 0.25) is 0 Å². The Labute approximate surface area is 116 Å². The number of halogens is 5. The van der Waals surface area contributed by atoms with Crippen LogP contribution in [-0.4, -0.2) is 50.0 Å². The van der Waals surface area contributed by atoms with Crippen molar-refractivity contribution in [3.8, 4) is 0 Å². The summed E-state index contributed by atoms with van der Waals surface area (Å²) < 4.78 is 79.5. The molecule has 1 unspecified atom stereocenters. The molecule has 0 aromatic carbocycles. The van der Waals surface area contributed by atoms with Gasteiger partial charge >= 0.3 is 6.18 Å². The maximum atomic E-state index is 14.2. The predicted octanol–water partition coefficient (Wildman–Crippen LogP) is 2.05. The minimum absolute atomic E-state index is 0.276. The van der Waals surface area contributed by atoms with Gasteiger partial charge in [0.15, 0.2) is 6.10 Å². The first-order valence-corrected chi connectivity index (χ1v) is 7.72. The van der Waals surface area contributed by atoms with E-state index in [1.54, 1.807) is 0 Å². The molecule has 0 spiro atoms. The van der Waals surface area contributed by atoms with E-state index >= 15 is 0 Å². The SMILES string of the molecule is CS(=O)(=O)N1CCC(F)(C(OI)C(F)(F)F)CC1. The summed E-state index contributed by atoms with van der Waals surface area (Å²) in [5, 5.41) is 0. The Morgan fingerprint density at radius 3 is 2.06 bits per heavy atom. The fourth-order valence-corrected chi connectivity index (χ4v) is 3.47. The molecule has 1 saturated heterocycles. The van der Waals surface area contributed by atoms with Gasteiger partial charge in [0.05, 0.1) is 6.26 Å². The van der Waals surface area contributed by atoms with Gasteiger partial charge in [0.25, 0.3) is 0 Å². The molecule has 1 heterocycles. The lowest BCUT2D eigenvalue weighted by Crippen LogP contribution is -2.54. The van der Waals surface area contributed by atoms with E-state index in [1.807, 2.05) is 0 Å². The van der Waals surface area contributed by atoms with Gasteiger partial charge in [-0.25, -0.2) is 17.1 Å². The van der Waals surface area contributed by atoms with Crippen LogP contribution in [0.4, 0.5) is 17.6 Å². The minimum atomic E-state index is -4.82. The van der Waals surface area contributed by atoms with E-state index in [-0.39, 0.29) is 13.1 Å². The molecule has 10 heteroatoms. The van der Waals surface area contributed by atoms with E-state index in [0.717, 1.165) is 33.6 Å². The van der Waals surface area contributed by atoms with Crippen molar-refractivity contribution in [3.05, 3.63) is 0 Å². The molecule has 1 fully saturated rings. The molecule has 0 radical (unpaired) electrons. The van der Waals surface area contributed by atoms with Gasteiger partial charge in [0.1, 0.15) is 28.7 Å². The van der Waals surface area contributed by atoms with E-state index in [2.05, 4.69) is 3.07 Å². The standard InChI is InChI=1S/C8H12F4INO3S/c1-18(15,16)14-4-2-7(9,3-5-14)6(17-13)8(10,11)12/h6H,2-5H2,1H3. The van der Waals surface area contributed by atoms with Crippen molar-refractivity contribution in [2.75, 3.05) is 19.3 Å². The summed E-state index contributed by atoms with van der Waals surface area (Å²) in [5.41, 5.74) is -2.58. The van der Waals surface area contributed by atoms with Gasteiger partial charge in [0, 0.05) is 13.1 Å². The van der Waals surface area contributed by atoms with Crippen molar-refractivity contribution in [3.63, 3.8) is 0 Å². The molecule has 1 atom stereocenters. The van der Waals surface area contributed by atoms with Crippen LogP contribution in [0.5, 0.6) is 0 Å². The lowest BCUT2D eigenvalue weighted by molar-refractivity contribution is -0.228. The van der Waals surface area contributed by atoms with Gasteiger partial charge in [-0.3, -0.25) is 3.07 Å². The van der Waals surface area contributed by atoms with Gasteiger partial charge in [-0.15, -0.1) is 0 Å². The van der Waals surface area contributed by atoms with Gasteiger partial charge < -0.3 is 0 Å². The second-order valence-electron chi connectivity index (χ2n) is 4.21. The molecule has 1 aliphatic heterocycles. The highest BCUT2D eigenvalue weighted by molar-refractivity contribution is 14.1. The molecule has 0 N–H and O–H groups in total. The Hall–Kier alpha value is 0.320. The average Bonchev–Trinajstić information content (AvgIpc) is 2.14. The Morgan fingerprint density at radius 1 is 1.33 bits per heavy atom. The molecule has 0 aliphatic carbocycles. The van der Waals surface area contributed by atoms with E-state index < -0.39 is 40.8 Å². The zero-order valence-electron chi connectivity index (χ0n) is 9.38. The lowest BCUT2D eigenvalue weighted by Gasteiger charge is -2.39. The molecule has 0 bridgehead atoms. The van der Waals surface area contributed by atoms with Crippen molar-refractivity contribution in [2.24, 2.45) is 0 Å². The Morgan fingerprint density at radius 2 is 1.78 bits per heavy atom. The molecule has 0 amide bonds. The molecule has 0 aromatic rings. The molecule has 4 nitrogen and oxygen atoms in total. The first-order valence-electron chi connectivity index (χ1n) is 4.99. The maximum Gasteiger partial charge on any atom is 0.418 e. The zero-order chi connectivity index (χ0) is 14.2. The van der Waals surface area contributed by atoms with Gasteiger partial charge in [-0.05, 0) is 12.8 Å². The van der Waals surface area contributed by atoms with Crippen LogP contribution in [0.15, 0.2) is 0 Å². The third-order valence-electron chi connectivity index (χ3n) is 2.88.